The van der Waals surface area contributed by atoms with E-state index in [0.717, 1.165) is 0 Å². The maximum absolute atomic E-state index is 3.36. The molecular weight excluding hydrogens is 79.0 g/mol. The average molecular weight is 91.1 g/mol. The summed E-state index contributed by atoms with van der Waals surface area (Å²) in [5.74, 6) is 0. The van der Waals surface area contributed by atoms with Crippen molar-refractivity contribution in [3.05, 3.63) is 32.2 Å². The van der Waals surface area contributed by atoms with E-state index in [9.17, 15) is 0 Å². The Labute approximate surface area is 58.5 Å². The Balaban J connectivity index is -0.0000000400. The Morgan fingerprint density at radius 1 is 1.29 bits per heavy atom. The molecule has 1 heteroatoms. The Morgan fingerprint density at radius 3 is 1.29 bits per heavy atom. The zero-order valence-corrected chi connectivity index (χ0v) is 4.28. The van der Waals surface area contributed by atoms with Gasteiger partial charge in [-0.1, -0.05) is 12.2 Å². The van der Waals surface area contributed by atoms with E-state index < -0.39 is 0 Å². The van der Waals surface area contributed by atoms with Crippen LogP contribution in [-0.4, -0.2) is 18.9 Å². The molecule has 0 aliphatic heterocycles. The number of hydrogen-bond acceptors (Lipinski definition) is 0. The summed E-state index contributed by atoms with van der Waals surface area (Å²) in [7, 11) is 0. The van der Waals surface area contributed by atoms with Crippen molar-refractivity contribution >= 4 is 18.9 Å². The fourth-order valence-corrected chi connectivity index (χ4v) is 0. The molecular formula is C6H12Li. The summed E-state index contributed by atoms with van der Waals surface area (Å²) in [6.07, 6.45) is 3.25. The van der Waals surface area contributed by atoms with Gasteiger partial charge in [-0.15, -0.1) is 13.2 Å². The SMILES string of the molecule is C=CC.[CH2]C=C.[LiH]. The molecule has 0 atom stereocenters. The van der Waals surface area contributed by atoms with Crippen molar-refractivity contribution in [3.63, 3.8) is 0 Å². The summed E-state index contributed by atoms with van der Waals surface area (Å²) in [6.45, 7) is 11.8. The van der Waals surface area contributed by atoms with E-state index in [-0.39, 0.29) is 18.9 Å². The van der Waals surface area contributed by atoms with E-state index in [0.29, 0.717) is 0 Å². The summed E-state index contributed by atoms with van der Waals surface area (Å²) in [5, 5.41) is 0. The maximum atomic E-state index is 3.36. The summed E-state index contributed by atoms with van der Waals surface area (Å²) in [6, 6.07) is 0. The van der Waals surface area contributed by atoms with Gasteiger partial charge in [-0.25, -0.2) is 0 Å². The quantitative estimate of drug-likeness (QED) is 0.313. The van der Waals surface area contributed by atoms with Gasteiger partial charge in [-0.3, -0.25) is 0 Å². The molecule has 0 aliphatic carbocycles. The molecule has 0 saturated heterocycles. The second-order valence-corrected chi connectivity index (χ2v) is 0.697. The van der Waals surface area contributed by atoms with Gasteiger partial charge in [0.15, 0.2) is 0 Å². The van der Waals surface area contributed by atoms with Gasteiger partial charge in [0, 0.05) is 0 Å². The van der Waals surface area contributed by atoms with Crippen LogP contribution in [0, 0.1) is 6.92 Å². The predicted octanol–water partition coefficient (Wildman–Crippen LogP) is 1.55. The van der Waals surface area contributed by atoms with Gasteiger partial charge in [-0.2, -0.15) is 0 Å². The second-order valence-electron chi connectivity index (χ2n) is 0.697. The van der Waals surface area contributed by atoms with Crippen molar-refractivity contribution in [2.75, 3.05) is 0 Å². The predicted molar refractivity (Wildman–Crippen MR) is 38.6 cm³/mol. The molecule has 0 bridgehead atoms. The Kier molecular flexibility index (Phi) is 81.5. The first-order chi connectivity index (χ1) is 2.83. The molecule has 0 unspecified atom stereocenters. The zero-order chi connectivity index (χ0) is 5.41. The van der Waals surface area contributed by atoms with Crippen molar-refractivity contribution in [2.24, 2.45) is 0 Å². The molecule has 0 aromatic carbocycles. The topological polar surface area (TPSA) is 0 Å². The van der Waals surface area contributed by atoms with Gasteiger partial charge in [-0.05, 0) is 13.8 Å². The summed E-state index contributed by atoms with van der Waals surface area (Å²) in [5.41, 5.74) is 0. The third kappa shape index (κ3) is 16900. The molecule has 37 valence electrons. The molecule has 0 fully saturated rings. The van der Waals surface area contributed by atoms with Crippen molar-refractivity contribution in [1.82, 2.24) is 0 Å². The van der Waals surface area contributed by atoms with Crippen LogP contribution in [0.25, 0.3) is 0 Å². The number of allylic oxidation sites excluding steroid dienone is 2. The molecule has 0 spiro atoms. The molecule has 0 saturated carbocycles. The van der Waals surface area contributed by atoms with E-state index in [1.54, 1.807) is 6.08 Å². The van der Waals surface area contributed by atoms with Crippen LogP contribution in [0.15, 0.2) is 25.3 Å². The van der Waals surface area contributed by atoms with Crippen LogP contribution < -0.4 is 0 Å². The van der Waals surface area contributed by atoms with Gasteiger partial charge in [0.1, 0.15) is 0 Å². The molecule has 0 heterocycles. The first kappa shape index (κ1) is 15.7. The van der Waals surface area contributed by atoms with Gasteiger partial charge in [0.05, 0.1) is 0 Å². The average Bonchev–Trinajstić information content (AvgIpc) is 1.39. The van der Waals surface area contributed by atoms with Crippen LogP contribution in [0.1, 0.15) is 6.92 Å². The van der Waals surface area contributed by atoms with Gasteiger partial charge >= 0.3 is 18.9 Å². The minimum atomic E-state index is 0. The van der Waals surface area contributed by atoms with E-state index in [2.05, 4.69) is 20.1 Å². The molecule has 0 nitrogen and oxygen atoms in total. The normalized spacial score (nSPS) is 3.71. The van der Waals surface area contributed by atoms with E-state index in [1.807, 2.05) is 6.92 Å². The first-order valence-electron chi connectivity index (χ1n) is 1.80. The van der Waals surface area contributed by atoms with Crippen LogP contribution in [0.2, 0.25) is 0 Å². The van der Waals surface area contributed by atoms with Gasteiger partial charge < -0.3 is 0 Å². The van der Waals surface area contributed by atoms with E-state index in [4.69, 9.17) is 0 Å². The van der Waals surface area contributed by atoms with Crippen LogP contribution in [0.5, 0.6) is 0 Å². The zero-order valence-electron chi connectivity index (χ0n) is 4.28. The Bertz CT molecular complexity index is 25.2. The number of hydrogen-bond donors (Lipinski definition) is 0. The summed E-state index contributed by atoms with van der Waals surface area (Å²) >= 11 is 0. The molecule has 1 radical (unpaired) electrons. The molecule has 0 rings (SSSR count). The molecule has 0 aromatic rings. The number of rotatable bonds is 0. The van der Waals surface area contributed by atoms with Crippen LogP contribution in [0.3, 0.4) is 0 Å². The molecule has 0 aromatic heterocycles. The Morgan fingerprint density at radius 2 is 1.29 bits per heavy atom. The molecule has 0 N–H and O–H groups in total. The van der Waals surface area contributed by atoms with Gasteiger partial charge in [0.2, 0.25) is 0 Å². The van der Waals surface area contributed by atoms with E-state index in [1.165, 1.54) is 6.08 Å². The molecule has 7 heavy (non-hydrogen) atoms. The fraction of sp³-hybridized carbons (Fsp3) is 0.167. The van der Waals surface area contributed by atoms with Crippen molar-refractivity contribution in [3.8, 4) is 0 Å². The van der Waals surface area contributed by atoms with Gasteiger partial charge in [0.25, 0.3) is 0 Å². The van der Waals surface area contributed by atoms with E-state index >= 15 is 0 Å². The summed E-state index contributed by atoms with van der Waals surface area (Å²) in [4.78, 5) is 0. The first-order valence-corrected chi connectivity index (χ1v) is 1.80. The monoisotopic (exact) mass is 91.1 g/mol. The van der Waals surface area contributed by atoms with Crippen molar-refractivity contribution < 1.29 is 0 Å². The summed E-state index contributed by atoms with van der Waals surface area (Å²) < 4.78 is 0. The third-order valence-electron chi connectivity index (χ3n) is 0. The Hall–Kier alpha value is 0.0774. The standard InChI is InChI=1S/C3H6.C3H5.Li.H/c2*1-3-2;;/h3H,1H2,2H3;3H,1-2H2;;. The fourth-order valence-electron chi connectivity index (χ4n) is 0. The van der Waals surface area contributed by atoms with Crippen LogP contribution in [0.4, 0.5) is 0 Å². The third-order valence-corrected chi connectivity index (χ3v) is 0. The van der Waals surface area contributed by atoms with Crippen molar-refractivity contribution in [2.45, 2.75) is 6.92 Å². The van der Waals surface area contributed by atoms with Crippen molar-refractivity contribution in [1.29, 1.82) is 0 Å². The molecule has 0 amide bonds. The minimum absolute atomic E-state index is 0. The molecule has 0 aliphatic rings. The van der Waals surface area contributed by atoms with Crippen LogP contribution in [-0.2, 0) is 0 Å². The second kappa shape index (κ2) is 36.3. The van der Waals surface area contributed by atoms with Crippen LogP contribution >= 0.6 is 0 Å².